The summed E-state index contributed by atoms with van der Waals surface area (Å²) in [6.07, 6.45) is -0.753. The summed E-state index contributed by atoms with van der Waals surface area (Å²) in [5.74, 6) is 0.273. The van der Waals surface area contributed by atoms with E-state index in [-0.39, 0.29) is 5.75 Å². The van der Waals surface area contributed by atoms with Crippen LogP contribution in [-0.2, 0) is 11.5 Å². The molecule has 0 aromatic heterocycles. The Kier molecular flexibility index (Phi) is 3.40. The van der Waals surface area contributed by atoms with Crippen LogP contribution in [0.3, 0.4) is 0 Å². The molecule has 3 nitrogen and oxygen atoms in total. The predicted molar refractivity (Wildman–Crippen MR) is 61.2 cm³/mol. The number of rotatable bonds is 3. The van der Waals surface area contributed by atoms with E-state index in [0.29, 0.717) is 0 Å². The van der Waals surface area contributed by atoms with Crippen molar-refractivity contribution in [2.45, 2.75) is 6.42 Å². The van der Waals surface area contributed by atoms with Crippen molar-refractivity contribution in [2.24, 2.45) is 0 Å². The molecule has 2 aromatic rings. The molecule has 0 spiro atoms. The second-order valence-electron chi connectivity index (χ2n) is 3.58. The van der Waals surface area contributed by atoms with Gasteiger partial charge in [-0.15, -0.1) is 0 Å². The zero-order valence-electron chi connectivity index (χ0n) is 9.05. The summed E-state index contributed by atoms with van der Waals surface area (Å²) >= 11 is 0. The second-order valence-corrected chi connectivity index (χ2v) is 3.58. The van der Waals surface area contributed by atoms with Gasteiger partial charge in [-0.2, -0.15) is 9.90 Å². The average Bonchev–Trinajstić information content (AvgIpc) is 2.32. The first-order valence-electron chi connectivity index (χ1n) is 5.17. The SMILES string of the molecule is [O]C(=O)Oc1ccc(Cc2cc[c]cc2)cc1. The fourth-order valence-corrected chi connectivity index (χ4v) is 1.55. The van der Waals surface area contributed by atoms with Crippen molar-refractivity contribution in [1.82, 2.24) is 0 Å². The molecule has 0 heterocycles. The van der Waals surface area contributed by atoms with E-state index < -0.39 is 6.16 Å². The van der Waals surface area contributed by atoms with Crippen molar-refractivity contribution in [3.05, 3.63) is 65.7 Å². The van der Waals surface area contributed by atoms with Crippen LogP contribution in [-0.4, -0.2) is 6.16 Å². The van der Waals surface area contributed by atoms with Gasteiger partial charge in [0.25, 0.3) is 0 Å². The molecule has 84 valence electrons. The van der Waals surface area contributed by atoms with Crippen LogP contribution in [0.5, 0.6) is 5.75 Å². The largest absolute Gasteiger partial charge is 0.555 e. The number of benzene rings is 2. The topological polar surface area (TPSA) is 46.2 Å². The quantitative estimate of drug-likeness (QED) is 0.596. The number of carbonyl (C=O) groups is 1. The molecule has 0 saturated carbocycles. The number of carbonyl (C=O) groups excluding carboxylic acids is 1. The first-order valence-corrected chi connectivity index (χ1v) is 5.17. The maximum absolute atomic E-state index is 10.2. The first-order chi connectivity index (χ1) is 8.24. The van der Waals surface area contributed by atoms with Crippen molar-refractivity contribution < 1.29 is 14.6 Å². The Labute approximate surface area is 99.3 Å². The minimum absolute atomic E-state index is 0.273. The second kappa shape index (κ2) is 5.16. The highest BCUT2D eigenvalue weighted by atomic mass is 16.7. The van der Waals surface area contributed by atoms with Crippen LogP contribution in [0.15, 0.2) is 48.5 Å². The van der Waals surface area contributed by atoms with E-state index >= 15 is 0 Å². The maximum Gasteiger partial charge on any atom is 0.555 e. The molecule has 0 unspecified atom stereocenters. The molecule has 2 aromatic carbocycles. The van der Waals surface area contributed by atoms with Gasteiger partial charge in [-0.1, -0.05) is 36.4 Å². The molecule has 0 aliphatic heterocycles. The van der Waals surface area contributed by atoms with Crippen LogP contribution in [0.2, 0.25) is 0 Å². The lowest BCUT2D eigenvalue weighted by Crippen LogP contribution is -2.01. The molecular weight excluding hydrogens is 216 g/mol. The van der Waals surface area contributed by atoms with Gasteiger partial charge in [0, 0.05) is 0 Å². The lowest BCUT2D eigenvalue weighted by molar-refractivity contribution is 0.117. The molecule has 0 aliphatic carbocycles. The highest BCUT2D eigenvalue weighted by Crippen LogP contribution is 2.15. The molecule has 2 radical (unpaired) electrons. The Balaban J connectivity index is 2.06. The minimum Gasteiger partial charge on any atom is -0.392 e. The normalized spacial score (nSPS) is 9.88. The summed E-state index contributed by atoms with van der Waals surface area (Å²) < 4.78 is 4.42. The molecule has 0 fully saturated rings. The zero-order chi connectivity index (χ0) is 12.1. The summed E-state index contributed by atoms with van der Waals surface area (Å²) in [4.78, 5) is 10.2. The number of hydrogen-bond donors (Lipinski definition) is 0. The van der Waals surface area contributed by atoms with Crippen LogP contribution >= 0.6 is 0 Å². The molecule has 0 aliphatic rings. The molecular formula is C14H10O3. The monoisotopic (exact) mass is 226 g/mol. The van der Waals surface area contributed by atoms with Gasteiger partial charge in [-0.25, -0.2) is 0 Å². The van der Waals surface area contributed by atoms with Gasteiger partial charge in [0.05, 0.1) is 0 Å². The van der Waals surface area contributed by atoms with Gasteiger partial charge in [0.1, 0.15) is 5.75 Å². The van der Waals surface area contributed by atoms with E-state index in [9.17, 15) is 9.90 Å². The average molecular weight is 226 g/mol. The van der Waals surface area contributed by atoms with Crippen molar-refractivity contribution in [3.8, 4) is 5.75 Å². The highest BCUT2D eigenvalue weighted by Gasteiger charge is 2.02. The molecule has 3 heteroatoms. The number of ether oxygens (including phenoxy) is 1. The predicted octanol–water partition coefficient (Wildman–Crippen LogP) is 3.01. The molecule has 0 N–H and O–H groups in total. The molecule has 17 heavy (non-hydrogen) atoms. The Morgan fingerprint density at radius 3 is 2.18 bits per heavy atom. The van der Waals surface area contributed by atoms with Crippen LogP contribution in [0, 0.1) is 6.07 Å². The van der Waals surface area contributed by atoms with Gasteiger partial charge in [-0.3, -0.25) is 0 Å². The Morgan fingerprint density at radius 2 is 1.59 bits per heavy atom. The summed E-state index contributed by atoms with van der Waals surface area (Å²) in [5.41, 5.74) is 2.26. The summed E-state index contributed by atoms with van der Waals surface area (Å²) in [5, 5.41) is 10.2. The fraction of sp³-hybridized carbons (Fsp3) is 0.0714. The van der Waals surface area contributed by atoms with Crippen molar-refractivity contribution >= 4 is 6.16 Å². The lowest BCUT2D eigenvalue weighted by Gasteiger charge is -2.03. The van der Waals surface area contributed by atoms with Crippen LogP contribution in [0.4, 0.5) is 4.79 Å². The molecule has 0 saturated heterocycles. The van der Waals surface area contributed by atoms with Gasteiger partial charge in [0.2, 0.25) is 0 Å². The van der Waals surface area contributed by atoms with E-state index in [1.807, 2.05) is 36.4 Å². The standard InChI is InChI=1S/C14H10O3/c15-14(16)17-13-8-6-12(7-9-13)10-11-4-2-1-3-5-11/h2-9H,10H2. The zero-order valence-corrected chi connectivity index (χ0v) is 9.05. The third kappa shape index (κ3) is 3.34. The summed E-state index contributed by atoms with van der Waals surface area (Å²) in [7, 11) is 0. The van der Waals surface area contributed by atoms with Gasteiger partial charge in [-0.05, 0) is 35.7 Å². The van der Waals surface area contributed by atoms with E-state index in [2.05, 4.69) is 10.8 Å². The smallest absolute Gasteiger partial charge is 0.392 e. The maximum atomic E-state index is 10.2. The molecule has 0 atom stereocenters. The number of hydrogen-bond acceptors (Lipinski definition) is 2. The molecule has 2 rings (SSSR count). The van der Waals surface area contributed by atoms with Crippen molar-refractivity contribution in [2.75, 3.05) is 0 Å². The van der Waals surface area contributed by atoms with Crippen LogP contribution in [0.25, 0.3) is 0 Å². The van der Waals surface area contributed by atoms with Crippen molar-refractivity contribution in [3.63, 3.8) is 0 Å². The third-order valence-electron chi connectivity index (χ3n) is 2.32. The van der Waals surface area contributed by atoms with Gasteiger partial charge >= 0.3 is 6.16 Å². The van der Waals surface area contributed by atoms with E-state index in [0.717, 1.165) is 12.0 Å². The summed E-state index contributed by atoms with van der Waals surface area (Å²) in [6, 6.07) is 17.5. The van der Waals surface area contributed by atoms with E-state index in [4.69, 9.17) is 0 Å². The van der Waals surface area contributed by atoms with Crippen LogP contribution < -0.4 is 4.74 Å². The third-order valence-corrected chi connectivity index (χ3v) is 2.32. The van der Waals surface area contributed by atoms with E-state index in [1.54, 1.807) is 12.1 Å². The Hall–Kier alpha value is -2.29. The first kappa shape index (κ1) is 11.2. The lowest BCUT2D eigenvalue weighted by atomic mass is 10.1. The van der Waals surface area contributed by atoms with Crippen LogP contribution in [0.1, 0.15) is 11.1 Å². The Morgan fingerprint density at radius 1 is 1.00 bits per heavy atom. The molecule has 0 amide bonds. The fourth-order valence-electron chi connectivity index (χ4n) is 1.55. The highest BCUT2D eigenvalue weighted by molar-refractivity contribution is 5.60. The minimum atomic E-state index is -1.55. The van der Waals surface area contributed by atoms with E-state index in [1.165, 1.54) is 5.56 Å². The van der Waals surface area contributed by atoms with Crippen molar-refractivity contribution in [1.29, 1.82) is 0 Å². The van der Waals surface area contributed by atoms with Gasteiger partial charge in [0.15, 0.2) is 0 Å². The summed E-state index contributed by atoms with van der Waals surface area (Å²) in [6.45, 7) is 0. The Bertz CT molecular complexity index is 489. The van der Waals surface area contributed by atoms with Gasteiger partial charge < -0.3 is 4.74 Å². The molecule has 0 bridgehead atoms.